The van der Waals surface area contributed by atoms with Gasteiger partial charge in [0.25, 0.3) is 0 Å². The molecule has 0 aliphatic heterocycles. The zero-order chi connectivity index (χ0) is 66.0. The van der Waals surface area contributed by atoms with E-state index in [2.05, 4.69) is 64.4 Å². The van der Waals surface area contributed by atoms with Gasteiger partial charge in [-0.25, -0.2) is 13.2 Å². The maximum absolute atomic E-state index is 13.1. The van der Waals surface area contributed by atoms with Crippen molar-refractivity contribution in [1.82, 2.24) is 9.97 Å². The number of ether oxygens (including phenoxy) is 1. The van der Waals surface area contributed by atoms with E-state index in [1.54, 1.807) is 74.5 Å². The number of esters is 1. The Kier molecular flexibility index (Phi) is 39.5. The molecule has 0 unspecified atom stereocenters. The Balaban J connectivity index is 0.000000529. The Bertz CT molecular complexity index is 3390. The SMILES string of the molecule is C=C(N)CN=Cc1c(F)cccc1Cl.C=C(N)CN=Cc1c(F)cncc1Cl.C=C(N)CN=Cc1ccc(F)cc1Cl.CC(=N)CN=Cc1ccncc1Cl.CC(=O)CC(=N)CN=Cc1ccccc1Cl.COC(=O)CC(=N)CN=Cc1ccccc1Cl. The molecule has 0 amide bonds. The molecular formula is C62H65Cl6F3N14O3. The van der Waals surface area contributed by atoms with Crippen LogP contribution >= 0.6 is 69.6 Å². The van der Waals surface area contributed by atoms with Crippen LogP contribution in [0.15, 0.2) is 183 Å². The Morgan fingerprint density at radius 2 is 0.932 bits per heavy atom. The number of methoxy groups -OCH3 is 1. The quantitative estimate of drug-likeness (QED) is 0.0280. The Hall–Kier alpha value is -8.50. The molecule has 0 atom stereocenters. The molecule has 0 radical (unpaired) electrons. The summed E-state index contributed by atoms with van der Waals surface area (Å²) in [5.74, 6) is -1.72. The molecular weight excluding hydrogens is 1260 g/mol. The predicted octanol–water partition coefficient (Wildman–Crippen LogP) is 13.8. The zero-order valence-corrected chi connectivity index (χ0v) is 52.7. The molecule has 4 aromatic carbocycles. The first kappa shape index (κ1) is 77.5. The van der Waals surface area contributed by atoms with Gasteiger partial charge in [0.1, 0.15) is 17.4 Å². The van der Waals surface area contributed by atoms with Crippen LogP contribution in [0.3, 0.4) is 0 Å². The molecule has 0 bridgehead atoms. The van der Waals surface area contributed by atoms with Gasteiger partial charge < -0.3 is 38.2 Å². The molecule has 88 heavy (non-hydrogen) atoms. The van der Waals surface area contributed by atoms with Crippen molar-refractivity contribution < 1.29 is 27.5 Å². The van der Waals surface area contributed by atoms with Gasteiger partial charge in [0, 0.05) is 140 Å². The smallest absolute Gasteiger partial charge is 0.311 e. The highest BCUT2D eigenvalue weighted by molar-refractivity contribution is 6.35. The van der Waals surface area contributed by atoms with E-state index < -0.39 is 17.6 Å². The van der Waals surface area contributed by atoms with Gasteiger partial charge in [0.2, 0.25) is 0 Å². The number of pyridine rings is 2. The van der Waals surface area contributed by atoms with Crippen LogP contribution in [-0.4, -0.2) is 123 Å². The predicted molar refractivity (Wildman–Crippen MR) is 360 cm³/mol. The van der Waals surface area contributed by atoms with Gasteiger partial charge in [0.05, 0.1) is 79.1 Å². The summed E-state index contributed by atoms with van der Waals surface area (Å²) in [5.41, 5.74) is 21.8. The topological polar surface area (TPSA) is 293 Å². The number of benzene rings is 4. The van der Waals surface area contributed by atoms with E-state index in [0.29, 0.717) is 72.3 Å². The molecule has 0 fully saturated rings. The highest BCUT2D eigenvalue weighted by atomic mass is 35.5. The molecule has 464 valence electrons. The van der Waals surface area contributed by atoms with Gasteiger partial charge in [-0.2, -0.15) is 0 Å². The van der Waals surface area contributed by atoms with E-state index in [1.807, 2.05) is 36.4 Å². The number of ketones is 1. The standard InChI is InChI=1S/C12H13ClN2O2.C12H13ClN2O.2C10H10ClFN2.C9H9ClFN3.C9H10ClN3/c1-17-12(16)6-10(14)8-15-7-9-4-2-3-5-11(9)13;1-9(16)6-11(14)8-15-7-10-4-2-3-5-12(10)13;1-7(13)5-14-6-8-2-3-9(12)4-10(8)11;1-7(13)5-14-6-8-9(11)3-2-4-10(8)12;1-6(12)2-13-3-7-8(10)4-14-5-9(7)11;1-7(11)4-13-5-8-2-3-12-6-9(8)10/h2-5,7,14H,6,8H2,1H3;2-5,7,14H,6,8H2,1H3;2*2-4,6H,1,5,13H2;3-5H,1-2,12H2;2-3,5-6,11H,4H2,1H3. The minimum atomic E-state index is -0.510. The molecule has 2 heterocycles. The van der Waals surface area contributed by atoms with E-state index in [4.69, 9.17) is 103 Å². The highest BCUT2D eigenvalue weighted by Gasteiger charge is 2.07. The van der Waals surface area contributed by atoms with E-state index in [9.17, 15) is 22.8 Å². The van der Waals surface area contributed by atoms with Crippen LogP contribution in [0.25, 0.3) is 0 Å². The molecule has 0 saturated carbocycles. The third-order valence-electron chi connectivity index (χ3n) is 9.65. The largest absolute Gasteiger partial charge is 0.469 e. The van der Waals surface area contributed by atoms with Crippen LogP contribution in [0.2, 0.25) is 30.1 Å². The number of nitrogens with one attached hydrogen (secondary N) is 3. The van der Waals surface area contributed by atoms with Crippen molar-refractivity contribution in [3.8, 4) is 0 Å². The fourth-order valence-electron chi connectivity index (χ4n) is 5.65. The van der Waals surface area contributed by atoms with Crippen molar-refractivity contribution in [2.45, 2.75) is 26.7 Å². The Morgan fingerprint density at radius 3 is 1.38 bits per heavy atom. The molecule has 2 aromatic heterocycles. The summed E-state index contributed by atoms with van der Waals surface area (Å²) in [5, 5.41) is 24.8. The number of carbonyl (C=O) groups excluding carboxylic acids is 2. The molecule has 0 saturated heterocycles. The average molecular weight is 1320 g/mol. The molecule has 9 N–H and O–H groups in total. The minimum absolute atomic E-state index is 0.0158. The van der Waals surface area contributed by atoms with E-state index in [1.165, 1.54) is 56.9 Å². The molecule has 0 aliphatic rings. The number of rotatable bonds is 22. The lowest BCUT2D eigenvalue weighted by atomic mass is 10.2. The van der Waals surface area contributed by atoms with Crippen molar-refractivity contribution in [3.05, 3.63) is 234 Å². The van der Waals surface area contributed by atoms with Crippen LogP contribution in [0.5, 0.6) is 0 Å². The number of aliphatic imine (C=N–C) groups is 6. The third kappa shape index (κ3) is 36.5. The molecule has 26 heteroatoms. The molecule has 0 spiro atoms. The van der Waals surface area contributed by atoms with E-state index in [-0.39, 0.29) is 72.5 Å². The van der Waals surface area contributed by atoms with Crippen molar-refractivity contribution in [2.75, 3.05) is 46.4 Å². The minimum Gasteiger partial charge on any atom is -0.469 e. The van der Waals surface area contributed by atoms with Crippen molar-refractivity contribution >= 4 is 136 Å². The number of halogens is 9. The van der Waals surface area contributed by atoms with Crippen LogP contribution in [0.1, 0.15) is 60.1 Å². The Labute approximate surface area is 540 Å². The second-order valence-corrected chi connectivity index (χ2v) is 20.1. The van der Waals surface area contributed by atoms with Gasteiger partial charge in [-0.1, -0.05) is 132 Å². The van der Waals surface area contributed by atoms with Crippen molar-refractivity contribution in [2.24, 2.45) is 47.2 Å². The van der Waals surface area contributed by atoms with Gasteiger partial charge in [-0.3, -0.25) is 49.5 Å². The van der Waals surface area contributed by atoms with E-state index >= 15 is 0 Å². The first-order valence-corrected chi connectivity index (χ1v) is 27.8. The molecule has 6 rings (SSSR count). The number of nitrogens with zero attached hydrogens (tertiary/aromatic N) is 8. The van der Waals surface area contributed by atoms with Crippen LogP contribution in [0.4, 0.5) is 13.2 Å². The van der Waals surface area contributed by atoms with Crippen LogP contribution in [-0.2, 0) is 14.3 Å². The molecule has 6 aromatic rings. The lowest BCUT2D eigenvalue weighted by molar-refractivity contribution is -0.139. The maximum atomic E-state index is 13.1. The second kappa shape index (κ2) is 44.9. The first-order chi connectivity index (χ1) is 41.7. The lowest BCUT2D eigenvalue weighted by Crippen LogP contribution is -2.11. The number of hydrogen-bond acceptors (Lipinski definition) is 17. The van der Waals surface area contributed by atoms with Gasteiger partial charge >= 0.3 is 5.97 Å². The van der Waals surface area contributed by atoms with Gasteiger partial charge in [-0.15, -0.1) is 0 Å². The normalized spacial score (nSPS) is 10.6. The first-order valence-electron chi connectivity index (χ1n) is 25.5. The van der Waals surface area contributed by atoms with E-state index in [0.717, 1.165) is 22.9 Å². The fraction of sp³-hybridized carbons (Fsp3) is 0.177. The monoisotopic (exact) mass is 1320 g/mol. The van der Waals surface area contributed by atoms with Crippen LogP contribution < -0.4 is 17.2 Å². The number of aromatic nitrogens is 2. The van der Waals surface area contributed by atoms with Crippen molar-refractivity contribution in [1.29, 1.82) is 16.2 Å². The summed E-state index contributed by atoms with van der Waals surface area (Å²) in [4.78, 5) is 52.9. The fourth-order valence-corrected chi connectivity index (χ4v) is 6.81. The number of hydrogen-bond donors (Lipinski definition) is 6. The highest BCUT2D eigenvalue weighted by Crippen LogP contribution is 2.19. The summed E-state index contributed by atoms with van der Waals surface area (Å²) in [7, 11) is 1.29. The molecule has 17 nitrogen and oxygen atoms in total. The van der Waals surface area contributed by atoms with Gasteiger partial charge in [-0.05, 0) is 62.4 Å². The summed E-state index contributed by atoms with van der Waals surface area (Å²) in [6, 6.07) is 25.0. The maximum Gasteiger partial charge on any atom is 0.311 e. The summed E-state index contributed by atoms with van der Waals surface area (Å²) >= 11 is 34.9. The number of Topliss-reactive ketones (excluding diaryl/α,β-unsaturated/α-hetero) is 1. The summed E-state index contributed by atoms with van der Waals surface area (Å²) in [6.07, 6.45) is 14.9. The average Bonchev–Trinajstić information content (AvgIpc) is 3.21. The third-order valence-corrected chi connectivity index (χ3v) is 11.6. The van der Waals surface area contributed by atoms with Crippen molar-refractivity contribution in [3.63, 3.8) is 0 Å². The lowest BCUT2D eigenvalue weighted by Gasteiger charge is -1.99. The molecule has 0 aliphatic carbocycles. The van der Waals surface area contributed by atoms with Gasteiger partial charge in [0.15, 0.2) is 5.82 Å². The number of nitrogens with two attached hydrogens (primary N) is 3. The Morgan fingerprint density at radius 1 is 0.500 bits per heavy atom. The summed E-state index contributed by atoms with van der Waals surface area (Å²) in [6.45, 7) is 15.3. The second-order valence-electron chi connectivity index (χ2n) is 17.7. The van der Waals surface area contributed by atoms with Crippen LogP contribution in [0, 0.1) is 33.7 Å². The summed E-state index contributed by atoms with van der Waals surface area (Å²) < 4.78 is 43.3. The number of carbonyl (C=O) groups is 2. The zero-order valence-electron chi connectivity index (χ0n) is 48.1.